The standard InChI is InChI=1S/C21H13FN2O2/c1-24-16-10-14(21(23)25)15(22)9-13(16)11-6-4-8-18-19(11)20(24)12-5-2-3-7-17(12)26-18/h2-10H,1H3,(H-,23,25)/p+1. The van der Waals surface area contributed by atoms with Gasteiger partial charge in [-0.05, 0) is 24.3 Å². The molecule has 1 aromatic heterocycles. The Kier molecular flexibility index (Phi) is 2.86. The second kappa shape index (κ2) is 5.02. The summed E-state index contributed by atoms with van der Waals surface area (Å²) >= 11 is 0. The van der Waals surface area contributed by atoms with Gasteiger partial charge in [0.2, 0.25) is 11.2 Å². The second-order valence-electron chi connectivity index (χ2n) is 6.40. The van der Waals surface area contributed by atoms with E-state index in [0.29, 0.717) is 5.39 Å². The third kappa shape index (κ3) is 1.82. The number of carbonyl (C=O) groups is 1. The van der Waals surface area contributed by atoms with E-state index in [0.717, 1.165) is 39.0 Å². The number of amides is 1. The van der Waals surface area contributed by atoms with Crippen LogP contribution in [-0.4, -0.2) is 5.91 Å². The van der Waals surface area contributed by atoms with Crippen LogP contribution in [0.5, 0.6) is 11.5 Å². The van der Waals surface area contributed by atoms with Crippen molar-refractivity contribution in [3.63, 3.8) is 0 Å². The molecule has 0 saturated carbocycles. The Morgan fingerprint density at radius 2 is 1.81 bits per heavy atom. The van der Waals surface area contributed by atoms with Crippen molar-refractivity contribution in [1.82, 2.24) is 0 Å². The van der Waals surface area contributed by atoms with Crippen molar-refractivity contribution < 1.29 is 18.5 Å². The average molecular weight is 345 g/mol. The van der Waals surface area contributed by atoms with Gasteiger partial charge in [-0.3, -0.25) is 4.79 Å². The number of benzene rings is 3. The molecule has 4 aromatic rings. The highest BCUT2D eigenvalue weighted by atomic mass is 19.1. The summed E-state index contributed by atoms with van der Waals surface area (Å²) in [6.07, 6.45) is 0. The van der Waals surface area contributed by atoms with E-state index in [-0.39, 0.29) is 5.56 Å². The van der Waals surface area contributed by atoms with Gasteiger partial charge in [0.1, 0.15) is 24.4 Å². The third-order valence-corrected chi connectivity index (χ3v) is 4.96. The number of aromatic nitrogens is 1. The van der Waals surface area contributed by atoms with Crippen molar-refractivity contribution in [3.8, 4) is 22.8 Å². The zero-order valence-corrected chi connectivity index (χ0v) is 13.9. The van der Waals surface area contributed by atoms with E-state index < -0.39 is 11.7 Å². The van der Waals surface area contributed by atoms with Crippen molar-refractivity contribution in [3.05, 3.63) is 66.0 Å². The summed E-state index contributed by atoms with van der Waals surface area (Å²) in [4.78, 5) is 11.6. The van der Waals surface area contributed by atoms with Crippen LogP contribution < -0.4 is 15.0 Å². The summed E-state index contributed by atoms with van der Waals surface area (Å²) < 4.78 is 22.5. The number of nitrogens with zero attached hydrogens (tertiary/aromatic N) is 1. The number of primary amides is 1. The van der Waals surface area contributed by atoms with Gasteiger partial charge in [0.15, 0.2) is 0 Å². The lowest BCUT2D eigenvalue weighted by Gasteiger charge is -2.20. The maximum Gasteiger partial charge on any atom is 0.251 e. The van der Waals surface area contributed by atoms with E-state index in [1.165, 1.54) is 12.1 Å². The van der Waals surface area contributed by atoms with Crippen LogP contribution in [0.3, 0.4) is 0 Å². The van der Waals surface area contributed by atoms with Crippen molar-refractivity contribution in [1.29, 1.82) is 0 Å². The lowest BCUT2D eigenvalue weighted by molar-refractivity contribution is -0.632. The summed E-state index contributed by atoms with van der Waals surface area (Å²) in [7, 11) is 1.90. The number of carbonyl (C=O) groups excluding carboxylic acids is 1. The fraction of sp³-hybridized carbons (Fsp3) is 0.0476. The summed E-state index contributed by atoms with van der Waals surface area (Å²) in [6, 6.07) is 16.4. The van der Waals surface area contributed by atoms with Gasteiger partial charge in [0, 0.05) is 11.5 Å². The van der Waals surface area contributed by atoms with Gasteiger partial charge >= 0.3 is 0 Å². The number of para-hydroxylation sites is 1. The van der Waals surface area contributed by atoms with Gasteiger partial charge in [0.25, 0.3) is 5.91 Å². The average Bonchev–Trinajstić information content (AvgIpc) is 2.64. The molecule has 1 aliphatic heterocycles. The molecule has 0 spiro atoms. The third-order valence-electron chi connectivity index (χ3n) is 4.96. The van der Waals surface area contributed by atoms with Gasteiger partial charge in [-0.15, -0.1) is 0 Å². The van der Waals surface area contributed by atoms with Crippen molar-refractivity contribution in [2.75, 3.05) is 0 Å². The van der Waals surface area contributed by atoms with Gasteiger partial charge in [-0.2, -0.15) is 4.57 Å². The molecule has 1 amide bonds. The van der Waals surface area contributed by atoms with Crippen molar-refractivity contribution in [2.24, 2.45) is 12.8 Å². The number of hydrogen-bond donors (Lipinski definition) is 1. The van der Waals surface area contributed by atoms with E-state index in [9.17, 15) is 9.18 Å². The van der Waals surface area contributed by atoms with E-state index in [2.05, 4.69) is 0 Å². The molecule has 0 atom stereocenters. The van der Waals surface area contributed by atoms with Gasteiger partial charge in [-0.1, -0.05) is 24.3 Å². The number of nitrogens with two attached hydrogens (primary N) is 1. The predicted molar refractivity (Wildman–Crippen MR) is 96.6 cm³/mol. The highest BCUT2D eigenvalue weighted by Gasteiger charge is 2.30. The normalized spacial score (nSPS) is 12.1. The Bertz CT molecular complexity index is 1260. The first kappa shape index (κ1) is 14.8. The fourth-order valence-corrected chi connectivity index (χ4v) is 3.80. The zero-order chi connectivity index (χ0) is 18.0. The first-order valence-electron chi connectivity index (χ1n) is 8.21. The first-order chi connectivity index (χ1) is 12.6. The molecule has 0 aliphatic carbocycles. The number of ether oxygens (including phenoxy) is 1. The molecular weight excluding hydrogens is 331 g/mol. The molecule has 0 fully saturated rings. The number of halogens is 1. The van der Waals surface area contributed by atoms with Crippen LogP contribution >= 0.6 is 0 Å². The van der Waals surface area contributed by atoms with Crippen molar-refractivity contribution >= 4 is 27.6 Å². The summed E-state index contributed by atoms with van der Waals surface area (Å²) in [5.41, 5.74) is 7.88. The Hall–Kier alpha value is -3.47. The number of rotatable bonds is 1. The Morgan fingerprint density at radius 1 is 1.04 bits per heavy atom. The molecule has 3 aromatic carbocycles. The van der Waals surface area contributed by atoms with E-state index in [4.69, 9.17) is 10.5 Å². The SMILES string of the molecule is C[n+]1c2c3c(cccc3c3cc(F)c(C(N)=O)cc31)Oc1ccccc1-2. The molecule has 2 N–H and O–H groups in total. The smallest absolute Gasteiger partial charge is 0.251 e. The van der Waals surface area contributed by atoms with E-state index in [1.54, 1.807) is 0 Å². The molecule has 4 nitrogen and oxygen atoms in total. The molecule has 26 heavy (non-hydrogen) atoms. The van der Waals surface area contributed by atoms with Crippen molar-refractivity contribution in [2.45, 2.75) is 0 Å². The highest BCUT2D eigenvalue weighted by molar-refractivity contribution is 6.13. The maximum absolute atomic E-state index is 14.4. The van der Waals surface area contributed by atoms with Crippen LogP contribution in [0.1, 0.15) is 10.4 Å². The number of pyridine rings is 1. The minimum Gasteiger partial charge on any atom is -0.456 e. The van der Waals surface area contributed by atoms with E-state index in [1.807, 2.05) is 54.1 Å². The van der Waals surface area contributed by atoms with Gasteiger partial charge in [0.05, 0.1) is 21.9 Å². The Labute approximate surface area is 148 Å². The van der Waals surface area contributed by atoms with Crippen LogP contribution in [-0.2, 0) is 7.05 Å². The topological polar surface area (TPSA) is 56.2 Å². The molecule has 126 valence electrons. The van der Waals surface area contributed by atoms with Crippen LogP contribution in [0.2, 0.25) is 0 Å². The lowest BCUT2D eigenvalue weighted by atomic mass is 9.95. The lowest BCUT2D eigenvalue weighted by Crippen LogP contribution is -2.34. The number of hydrogen-bond acceptors (Lipinski definition) is 2. The molecule has 1 aliphatic rings. The second-order valence-corrected chi connectivity index (χ2v) is 6.40. The highest BCUT2D eigenvalue weighted by Crippen LogP contribution is 2.46. The van der Waals surface area contributed by atoms with Crippen LogP contribution in [0.15, 0.2) is 54.6 Å². The summed E-state index contributed by atoms with van der Waals surface area (Å²) in [5, 5.41) is 2.50. The molecule has 5 heteroatoms. The predicted octanol–water partition coefficient (Wildman–Crippen LogP) is 3.83. The zero-order valence-electron chi connectivity index (χ0n) is 13.9. The maximum atomic E-state index is 14.4. The minimum absolute atomic E-state index is 0.115. The summed E-state index contributed by atoms with van der Waals surface area (Å²) in [6.45, 7) is 0. The quantitative estimate of drug-likeness (QED) is 0.371. The van der Waals surface area contributed by atoms with Gasteiger partial charge in [-0.25, -0.2) is 4.39 Å². The van der Waals surface area contributed by atoms with Crippen LogP contribution in [0.25, 0.3) is 32.9 Å². The Morgan fingerprint density at radius 3 is 2.62 bits per heavy atom. The molecule has 2 heterocycles. The Balaban J connectivity index is 2.05. The molecule has 0 saturated heterocycles. The molecule has 0 unspecified atom stereocenters. The fourth-order valence-electron chi connectivity index (χ4n) is 3.80. The largest absolute Gasteiger partial charge is 0.456 e. The molecule has 0 bridgehead atoms. The number of fused-ring (bicyclic) bond motifs is 4. The number of aryl methyl sites for hydroxylation is 1. The summed E-state index contributed by atoms with van der Waals surface area (Å²) in [5.74, 6) is 0.0891. The van der Waals surface area contributed by atoms with E-state index >= 15 is 0 Å². The van der Waals surface area contributed by atoms with Crippen LogP contribution in [0, 0.1) is 5.82 Å². The van der Waals surface area contributed by atoms with Gasteiger partial charge < -0.3 is 10.5 Å². The molecular formula is C21H14FN2O2+. The first-order valence-corrected chi connectivity index (χ1v) is 8.21. The monoisotopic (exact) mass is 345 g/mol. The minimum atomic E-state index is -0.782. The molecule has 0 radical (unpaired) electrons. The van der Waals surface area contributed by atoms with Crippen LogP contribution in [0.4, 0.5) is 4.39 Å². The molecule has 5 rings (SSSR count).